The SMILES string of the molecule is COc1cn2ncc(-c3nc(NC4CNCC4F)ccc3F)c2nc1C1CC1. The zero-order valence-corrected chi connectivity index (χ0v) is 15.3. The number of alkyl halides is 1. The van der Waals surface area contributed by atoms with E-state index in [0.29, 0.717) is 41.8 Å². The summed E-state index contributed by atoms with van der Waals surface area (Å²) in [6.45, 7) is 0.799. The molecule has 0 radical (unpaired) electrons. The van der Waals surface area contributed by atoms with Gasteiger partial charge in [-0.2, -0.15) is 5.10 Å². The Morgan fingerprint density at radius 1 is 1.25 bits per heavy atom. The first kappa shape index (κ1) is 17.3. The summed E-state index contributed by atoms with van der Waals surface area (Å²) in [7, 11) is 1.60. The molecule has 1 saturated carbocycles. The lowest BCUT2D eigenvalue weighted by atomic mass is 10.2. The minimum absolute atomic E-state index is 0.140. The van der Waals surface area contributed by atoms with Crippen molar-refractivity contribution in [2.45, 2.75) is 31.0 Å². The summed E-state index contributed by atoms with van der Waals surface area (Å²) < 4.78 is 35.5. The number of nitrogens with one attached hydrogen (secondary N) is 2. The van der Waals surface area contributed by atoms with Crippen LogP contribution in [0.1, 0.15) is 24.5 Å². The van der Waals surface area contributed by atoms with Crippen molar-refractivity contribution in [1.29, 1.82) is 0 Å². The van der Waals surface area contributed by atoms with E-state index in [1.54, 1.807) is 24.0 Å². The summed E-state index contributed by atoms with van der Waals surface area (Å²) in [5.41, 5.74) is 2.02. The molecule has 5 rings (SSSR count). The number of methoxy groups -OCH3 is 1. The largest absolute Gasteiger partial charge is 0.493 e. The van der Waals surface area contributed by atoms with Gasteiger partial charge in [0.2, 0.25) is 0 Å². The number of anilines is 1. The molecular weight excluding hydrogens is 366 g/mol. The maximum Gasteiger partial charge on any atom is 0.165 e. The molecule has 2 atom stereocenters. The van der Waals surface area contributed by atoms with Gasteiger partial charge < -0.3 is 15.4 Å². The van der Waals surface area contributed by atoms with Gasteiger partial charge in [0, 0.05) is 19.0 Å². The van der Waals surface area contributed by atoms with Crippen LogP contribution in [0, 0.1) is 5.82 Å². The van der Waals surface area contributed by atoms with E-state index in [2.05, 4.69) is 20.7 Å². The molecule has 2 fully saturated rings. The molecule has 1 aliphatic carbocycles. The summed E-state index contributed by atoms with van der Waals surface area (Å²) in [6, 6.07) is 2.45. The Labute approximate surface area is 160 Å². The van der Waals surface area contributed by atoms with E-state index in [1.807, 2.05) is 0 Å². The van der Waals surface area contributed by atoms with E-state index in [4.69, 9.17) is 9.72 Å². The first-order valence-corrected chi connectivity index (χ1v) is 9.34. The maximum absolute atomic E-state index is 14.6. The Morgan fingerprint density at radius 2 is 2.11 bits per heavy atom. The highest BCUT2D eigenvalue weighted by Crippen LogP contribution is 2.43. The molecule has 2 N–H and O–H groups in total. The van der Waals surface area contributed by atoms with E-state index in [0.717, 1.165) is 18.5 Å². The molecule has 2 unspecified atom stereocenters. The standard InChI is InChI=1S/C19H20F2N6O/c1-28-15-9-27-19(26-17(15)10-2-3-10)11(6-23-27)18-12(20)4-5-16(25-18)24-14-8-22-7-13(14)21/h4-6,9-10,13-14,22H,2-3,7-8H2,1H3,(H,24,25). The highest BCUT2D eigenvalue weighted by atomic mass is 19.1. The highest BCUT2D eigenvalue weighted by molar-refractivity contribution is 5.76. The van der Waals surface area contributed by atoms with Gasteiger partial charge in [0.1, 0.15) is 23.5 Å². The lowest BCUT2D eigenvalue weighted by Crippen LogP contribution is -2.29. The summed E-state index contributed by atoms with van der Waals surface area (Å²) >= 11 is 0. The van der Waals surface area contributed by atoms with Gasteiger partial charge in [-0.1, -0.05) is 0 Å². The van der Waals surface area contributed by atoms with E-state index < -0.39 is 18.0 Å². The molecule has 0 bridgehead atoms. The Morgan fingerprint density at radius 3 is 2.82 bits per heavy atom. The number of pyridine rings is 1. The van der Waals surface area contributed by atoms with Gasteiger partial charge in [0.25, 0.3) is 0 Å². The van der Waals surface area contributed by atoms with Gasteiger partial charge in [-0.05, 0) is 25.0 Å². The molecule has 28 heavy (non-hydrogen) atoms. The van der Waals surface area contributed by atoms with E-state index in [1.165, 1.54) is 12.1 Å². The fraction of sp³-hybridized carbons (Fsp3) is 0.421. The molecular formula is C19H20F2N6O. The van der Waals surface area contributed by atoms with Crippen molar-refractivity contribution in [2.75, 3.05) is 25.5 Å². The van der Waals surface area contributed by atoms with Gasteiger partial charge in [-0.15, -0.1) is 0 Å². The molecule has 146 valence electrons. The molecule has 0 aromatic carbocycles. The molecule has 0 spiro atoms. The van der Waals surface area contributed by atoms with Gasteiger partial charge in [0.05, 0.1) is 36.8 Å². The van der Waals surface area contributed by atoms with Gasteiger partial charge >= 0.3 is 0 Å². The molecule has 2 aliphatic rings. The Hall–Kier alpha value is -2.81. The van der Waals surface area contributed by atoms with E-state index in [9.17, 15) is 8.78 Å². The fourth-order valence-electron chi connectivity index (χ4n) is 3.57. The van der Waals surface area contributed by atoms with Crippen molar-refractivity contribution in [3.8, 4) is 17.0 Å². The van der Waals surface area contributed by atoms with Crippen molar-refractivity contribution in [3.05, 3.63) is 36.0 Å². The molecule has 7 nitrogen and oxygen atoms in total. The zero-order chi connectivity index (χ0) is 19.3. The first-order valence-electron chi connectivity index (χ1n) is 9.34. The van der Waals surface area contributed by atoms with Crippen LogP contribution >= 0.6 is 0 Å². The second-order valence-electron chi connectivity index (χ2n) is 7.25. The third kappa shape index (κ3) is 2.95. The van der Waals surface area contributed by atoms with Crippen LogP contribution in [-0.2, 0) is 0 Å². The molecule has 1 saturated heterocycles. The molecule has 3 aromatic rings. The maximum atomic E-state index is 14.6. The number of ether oxygens (including phenoxy) is 1. The average Bonchev–Trinajstić information content (AvgIpc) is 3.35. The quantitative estimate of drug-likeness (QED) is 0.702. The van der Waals surface area contributed by atoms with E-state index >= 15 is 0 Å². The number of fused-ring (bicyclic) bond motifs is 1. The second-order valence-corrected chi connectivity index (χ2v) is 7.25. The average molecular weight is 386 g/mol. The predicted octanol–water partition coefficient (Wildman–Crippen LogP) is 2.54. The van der Waals surface area contributed by atoms with Crippen molar-refractivity contribution in [1.82, 2.24) is 24.9 Å². The lowest BCUT2D eigenvalue weighted by Gasteiger charge is -2.15. The Balaban J connectivity index is 1.55. The van der Waals surface area contributed by atoms with Crippen LogP contribution in [0.15, 0.2) is 24.5 Å². The third-order valence-corrected chi connectivity index (χ3v) is 5.25. The van der Waals surface area contributed by atoms with Crippen molar-refractivity contribution in [2.24, 2.45) is 0 Å². The normalized spacial score (nSPS) is 22.0. The minimum atomic E-state index is -1.01. The Bertz CT molecular complexity index is 1030. The molecule has 0 amide bonds. The molecule has 9 heteroatoms. The third-order valence-electron chi connectivity index (χ3n) is 5.25. The van der Waals surface area contributed by atoms with Crippen LogP contribution in [0.2, 0.25) is 0 Å². The van der Waals surface area contributed by atoms with Crippen molar-refractivity contribution >= 4 is 11.5 Å². The van der Waals surface area contributed by atoms with Crippen LogP contribution in [-0.4, -0.2) is 52.0 Å². The topological polar surface area (TPSA) is 76.4 Å². The first-order chi connectivity index (χ1) is 13.6. The van der Waals surface area contributed by atoms with Crippen LogP contribution in [0.5, 0.6) is 5.75 Å². The summed E-state index contributed by atoms with van der Waals surface area (Å²) in [4.78, 5) is 9.10. The number of halogens is 2. The van der Waals surface area contributed by atoms with Gasteiger partial charge in [-0.3, -0.25) is 0 Å². The minimum Gasteiger partial charge on any atom is -0.493 e. The zero-order valence-electron chi connectivity index (χ0n) is 15.3. The number of hydrogen-bond donors (Lipinski definition) is 2. The van der Waals surface area contributed by atoms with Crippen molar-refractivity contribution in [3.63, 3.8) is 0 Å². The summed E-state index contributed by atoms with van der Waals surface area (Å²) in [5, 5.41) is 10.3. The van der Waals surface area contributed by atoms with Crippen LogP contribution in [0.25, 0.3) is 16.9 Å². The second kappa shape index (κ2) is 6.66. The molecule has 4 heterocycles. The number of hydrogen-bond acceptors (Lipinski definition) is 6. The van der Waals surface area contributed by atoms with Crippen LogP contribution in [0.4, 0.5) is 14.6 Å². The van der Waals surface area contributed by atoms with Gasteiger partial charge in [-0.25, -0.2) is 23.3 Å². The van der Waals surface area contributed by atoms with Gasteiger partial charge in [0.15, 0.2) is 11.4 Å². The Kier molecular flexibility index (Phi) is 4.12. The van der Waals surface area contributed by atoms with Crippen LogP contribution < -0.4 is 15.4 Å². The highest BCUT2D eigenvalue weighted by Gasteiger charge is 2.30. The predicted molar refractivity (Wildman–Crippen MR) is 99.9 cm³/mol. The summed E-state index contributed by atoms with van der Waals surface area (Å²) in [6.07, 6.45) is 4.42. The molecule has 1 aliphatic heterocycles. The fourth-order valence-corrected chi connectivity index (χ4v) is 3.57. The van der Waals surface area contributed by atoms with Crippen LogP contribution in [0.3, 0.4) is 0 Å². The number of nitrogens with zero attached hydrogens (tertiary/aromatic N) is 4. The number of aromatic nitrogens is 4. The lowest BCUT2D eigenvalue weighted by molar-refractivity contribution is 0.342. The monoisotopic (exact) mass is 386 g/mol. The molecule has 3 aromatic heterocycles. The van der Waals surface area contributed by atoms with E-state index in [-0.39, 0.29) is 5.69 Å². The van der Waals surface area contributed by atoms with Crippen molar-refractivity contribution < 1.29 is 13.5 Å². The number of rotatable bonds is 5. The summed E-state index contributed by atoms with van der Waals surface area (Å²) in [5.74, 6) is 0.983. The smallest absolute Gasteiger partial charge is 0.165 e.